The van der Waals surface area contributed by atoms with E-state index in [1.54, 1.807) is 0 Å². The molecule has 2 unspecified atom stereocenters. The van der Waals surface area contributed by atoms with Crippen molar-refractivity contribution in [3.63, 3.8) is 0 Å². The van der Waals surface area contributed by atoms with Crippen LogP contribution < -0.4 is 5.32 Å². The van der Waals surface area contributed by atoms with Crippen molar-refractivity contribution in [1.29, 1.82) is 0 Å². The third-order valence-corrected chi connectivity index (χ3v) is 10.6. The van der Waals surface area contributed by atoms with Crippen LogP contribution in [-0.2, 0) is 4.79 Å². The van der Waals surface area contributed by atoms with Crippen molar-refractivity contribution in [3.05, 3.63) is 0 Å². The van der Waals surface area contributed by atoms with E-state index in [0.29, 0.717) is 6.42 Å². The summed E-state index contributed by atoms with van der Waals surface area (Å²) >= 11 is 0. The molecule has 0 aromatic rings. The third kappa shape index (κ3) is 38.1. The van der Waals surface area contributed by atoms with Gasteiger partial charge in [0, 0.05) is 6.42 Å². The second-order valence-electron chi connectivity index (χ2n) is 15.5. The van der Waals surface area contributed by atoms with E-state index in [0.717, 1.165) is 25.7 Å². The summed E-state index contributed by atoms with van der Waals surface area (Å²) in [4.78, 5) is 12.3. The molecule has 0 aliphatic carbocycles. The van der Waals surface area contributed by atoms with Crippen molar-refractivity contribution in [2.45, 2.75) is 277 Å². The first kappa shape index (κ1) is 46.4. The van der Waals surface area contributed by atoms with E-state index in [1.807, 2.05) is 6.92 Å². The van der Waals surface area contributed by atoms with Gasteiger partial charge in [0.15, 0.2) is 0 Å². The molecule has 0 saturated carbocycles. The topological polar surface area (TPSA) is 49.3 Å². The Morgan fingerprint density at radius 1 is 0.404 bits per heavy atom. The highest BCUT2D eigenvalue weighted by atomic mass is 16.3. The molecule has 0 aromatic carbocycles. The first-order valence-electron chi connectivity index (χ1n) is 22.1. The highest BCUT2D eigenvalue weighted by molar-refractivity contribution is 5.76. The first-order chi connectivity index (χ1) is 23.1. The van der Waals surface area contributed by atoms with Crippen molar-refractivity contribution >= 4 is 5.91 Å². The maximum Gasteiger partial charge on any atom is 0.220 e. The van der Waals surface area contributed by atoms with E-state index in [2.05, 4.69) is 19.2 Å². The molecule has 0 aliphatic heterocycles. The number of carbonyl (C=O) groups is 1. The van der Waals surface area contributed by atoms with Crippen LogP contribution in [0.25, 0.3) is 0 Å². The Kier molecular flexibility index (Phi) is 39.4. The lowest BCUT2D eigenvalue weighted by atomic mass is 10.0. The van der Waals surface area contributed by atoms with Gasteiger partial charge in [0.25, 0.3) is 0 Å². The van der Waals surface area contributed by atoms with Crippen molar-refractivity contribution in [2.24, 2.45) is 0 Å². The second kappa shape index (κ2) is 39.9. The molecule has 0 heterocycles. The van der Waals surface area contributed by atoms with Crippen LogP contribution in [0.3, 0.4) is 0 Å². The second-order valence-corrected chi connectivity index (χ2v) is 15.5. The number of rotatable bonds is 40. The number of aliphatic hydroxyl groups is 1. The van der Waals surface area contributed by atoms with Crippen molar-refractivity contribution < 1.29 is 9.90 Å². The van der Waals surface area contributed by atoms with Crippen molar-refractivity contribution in [3.8, 4) is 0 Å². The number of nitrogens with one attached hydrogen (secondary N) is 1. The van der Waals surface area contributed by atoms with Gasteiger partial charge in [-0.15, -0.1) is 0 Å². The van der Waals surface area contributed by atoms with Crippen LogP contribution in [0.5, 0.6) is 0 Å². The lowest BCUT2D eigenvalue weighted by Gasteiger charge is -2.20. The fourth-order valence-electron chi connectivity index (χ4n) is 7.11. The van der Waals surface area contributed by atoms with E-state index in [-0.39, 0.29) is 11.9 Å². The van der Waals surface area contributed by atoms with Gasteiger partial charge < -0.3 is 10.4 Å². The van der Waals surface area contributed by atoms with Crippen LogP contribution in [0.2, 0.25) is 0 Å². The normalized spacial score (nSPS) is 12.9. The number of carbonyl (C=O) groups excluding carboxylic acids is 1. The molecular weight excluding hydrogens is 574 g/mol. The number of hydrogen-bond donors (Lipinski definition) is 2. The minimum Gasteiger partial charge on any atom is -0.391 e. The van der Waals surface area contributed by atoms with Crippen LogP contribution in [0.1, 0.15) is 265 Å². The summed E-state index contributed by atoms with van der Waals surface area (Å²) in [7, 11) is 0. The molecule has 3 heteroatoms. The molecule has 2 N–H and O–H groups in total. The van der Waals surface area contributed by atoms with Gasteiger partial charge in [0.2, 0.25) is 5.91 Å². The zero-order chi connectivity index (χ0) is 34.3. The van der Waals surface area contributed by atoms with Gasteiger partial charge in [-0.3, -0.25) is 4.79 Å². The Balaban J connectivity index is 3.34. The molecule has 0 fully saturated rings. The molecule has 0 rings (SSSR count). The van der Waals surface area contributed by atoms with E-state index in [4.69, 9.17) is 0 Å². The summed E-state index contributed by atoms with van der Waals surface area (Å²) in [5.74, 6) is 0.116. The fourth-order valence-corrected chi connectivity index (χ4v) is 7.11. The Labute approximate surface area is 297 Å². The van der Waals surface area contributed by atoms with Crippen LogP contribution >= 0.6 is 0 Å². The van der Waals surface area contributed by atoms with Gasteiger partial charge >= 0.3 is 0 Å². The van der Waals surface area contributed by atoms with E-state index >= 15 is 0 Å². The minimum absolute atomic E-state index is 0.116. The Morgan fingerprint density at radius 2 is 0.638 bits per heavy atom. The highest BCUT2D eigenvalue weighted by Crippen LogP contribution is 2.17. The molecule has 1 amide bonds. The number of unbranched alkanes of at least 4 members (excludes halogenated alkanes) is 34. The molecule has 0 spiro atoms. The summed E-state index contributed by atoms with van der Waals surface area (Å²) < 4.78 is 0. The molecule has 47 heavy (non-hydrogen) atoms. The smallest absolute Gasteiger partial charge is 0.220 e. The van der Waals surface area contributed by atoms with Crippen molar-refractivity contribution in [2.75, 3.05) is 0 Å². The summed E-state index contributed by atoms with van der Waals surface area (Å²) in [6.07, 6.45) is 50.4. The van der Waals surface area contributed by atoms with Gasteiger partial charge in [-0.1, -0.05) is 239 Å². The van der Waals surface area contributed by atoms with Crippen LogP contribution in [0.15, 0.2) is 0 Å². The fraction of sp³-hybridized carbons (Fsp3) is 0.977. The number of amides is 1. The van der Waals surface area contributed by atoms with E-state index < -0.39 is 6.10 Å². The molecule has 0 saturated heterocycles. The number of hydrogen-bond acceptors (Lipinski definition) is 2. The van der Waals surface area contributed by atoms with Crippen LogP contribution in [-0.4, -0.2) is 23.2 Å². The maximum absolute atomic E-state index is 12.3. The summed E-state index contributed by atoms with van der Waals surface area (Å²) in [6.45, 7) is 6.54. The van der Waals surface area contributed by atoms with Crippen LogP contribution in [0.4, 0.5) is 0 Å². The monoisotopic (exact) mass is 664 g/mol. The average molecular weight is 664 g/mol. The minimum atomic E-state index is -0.416. The van der Waals surface area contributed by atoms with Crippen molar-refractivity contribution in [1.82, 2.24) is 5.32 Å². The Bertz CT molecular complexity index is 593. The SMILES string of the molecule is CCCCCCCCCCCCCCCCCCCCCCCCCC(=O)NC(C)C(O)CCCCCCCCCCCCCCC. The molecular formula is C44H89NO2. The predicted octanol–water partition coefficient (Wildman–Crippen LogP) is 14.7. The summed E-state index contributed by atoms with van der Waals surface area (Å²) in [6, 6.07) is -0.135. The highest BCUT2D eigenvalue weighted by Gasteiger charge is 2.16. The molecule has 282 valence electrons. The molecule has 0 bridgehead atoms. The van der Waals surface area contributed by atoms with Gasteiger partial charge in [-0.2, -0.15) is 0 Å². The predicted molar refractivity (Wildman–Crippen MR) is 210 cm³/mol. The van der Waals surface area contributed by atoms with Gasteiger partial charge in [-0.25, -0.2) is 0 Å². The zero-order valence-electron chi connectivity index (χ0n) is 32.9. The Morgan fingerprint density at radius 3 is 0.915 bits per heavy atom. The lowest BCUT2D eigenvalue weighted by molar-refractivity contribution is -0.122. The number of aliphatic hydroxyl groups excluding tert-OH is 1. The lowest BCUT2D eigenvalue weighted by Crippen LogP contribution is -2.41. The standard InChI is InChI=1S/C44H89NO2/c1-4-6-8-10-12-14-16-18-19-20-21-22-23-24-25-26-27-29-31-33-35-37-39-41-44(47)45-42(3)43(46)40-38-36-34-32-30-28-17-15-13-11-9-7-5-2/h42-43,46H,4-41H2,1-3H3,(H,45,47). The summed E-state index contributed by atoms with van der Waals surface area (Å²) in [5.41, 5.74) is 0. The van der Waals surface area contributed by atoms with Gasteiger partial charge in [0.05, 0.1) is 12.1 Å². The molecule has 0 radical (unpaired) electrons. The molecule has 0 aliphatic rings. The Hall–Kier alpha value is -0.570. The summed E-state index contributed by atoms with van der Waals surface area (Å²) in [5, 5.41) is 13.5. The zero-order valence-corrected chi connectivity index (χ0v) is 32.9. The first-order valence-corrected chi connectivity index (χ1v) is 22.1. The molecule has 3 nitrogen and oxygen atoms in total. The average Bonchev–Trinajstić information content (AvgIpc) is 3.07. The van der Waals surface area contributed by atoms with Crippen LogP contribution in [0, 0.1) is 0 Å². The molecule has 2 atom stereocenters. The maximum atomic E-state index is 12.3. The van der Waals surface area contributed by atoms with E-state index in [9.17, 15) is 9.90 Å². The van der Waals surface area contributed by atoms with Gasteiger partial charge in [-0.05, 0) is 19.8 Å². The van der Waals surface area contributed by atoms with E-state index in [1.165, 1.54) is 212 Å². The largest absolute Gasteiger partial charge is 0.391 e. The quantitative estimate of drug-likeness (QED) is 0.0641. The van der Waals surface area contributed by atoms with Gasteiger partial charge in [0.1, 0.15) is 0 Å². The molecule has 0 aromatic heterocycles. The third-order valence-electron chi connectivity index (χ3n) is 10.6.